The highest BCUT2D eigenvalue weighted by atomic mass is 19.4. The number of nitrogens with zero attached hydrogens (tertiary/aromatic N) is 1. The standard InChI is InChI=1S/C12H14F3NO2/c13-12(14,15)10-7-9(1-4-16-10)11(17)8-2-5-18-6-3-8/h1,4,7-8,11,17H,2-3,5-6H2. The Bertz CT molecular complexity index is 403. The summed E-state index contributed by atoms with van der Waals surface area (Å²) in [5, 5.41) is 10.1. The summed E-state index contributed by atoms with van der Waals surface area (Å²) in [5.41, 5.74) is -0.699. The molecular weight excluding hydrogens is 247 g/mol. The molecule has 2 rings (SSSR count). The quantitative estimate of drug-likeness (QED) is 0.889. The zero-order valence-electron chi connectivity index (χ0n) is 9.65. The van der Waals surface area contributed by atoms with E-state index in [0.29, 0.717) is 26.1 Å². The fraction of sp³-hybridized carbons (Fsp3) is 0.583. The fourth-order valence-corrected chi connectivity index (χ4v) is 2.09. The number of hydrogen-bond donors (Lipinski definition) is 1. The van der Waals surface area contributed by atoms with Crippen LogP contribution in [-0.4, -0.2) is 23.3 Å². The maximum Gasteiger partial charge on any atom is 0.433 e. The van der Waals surface area contributed by atoms with Gasteiger partial charge in [0.25, 0.3) is 0 Å². The molecule has 18 heavy (non-hydrogen) atoms. The van der Waals surface area contributed by atoms with E-state index >= 15 is 0 Å². The van der Waals surface area contributed by atoms with Crippen molar-refractivity contribution in [3.8, 4) is 0 Å². The van der Waals surface area contributed by atoms with Gasteiger partial charge in [-0.2, -0.15) is 13.2 Å². The first-order chi connectivity index (χ1) is 8.48. The molecule has 1 saturated heterocycles. The van der Waals surface area contributed by atoms with Crippen molar-refractivity contribution in [2.75, 3.05) is 13.2 Å². The lowest BCUT2D eigenvalue weighted by molar-refractivity contribution is -0.141. The topological polar surface area (TPSA) is 42.4 Å². The van der Waals surface area contributed by atoms with Gasteiger partial charge in [-0.25, -0.2) is 0 Å². The van der Waals surface area contributed by atoms with E-state index in [2.05, 4.69) is 4.98 Å². The fourth-order valence-electron chi connectivity index (χ4n) is 2.09. The zero-order valence-corrected chi connectivity index (χ0v) is 9.65. The van der Waals surface area contributed by atoms with Gasteiger partial charge in [0.15, 0.2) is 0 Å². The van der Waals surface area contributed by atoms with Crippen LogP contribution in [0.2, 0.25) is 0 Å². The van der Waals surface area contributed by atoms with Crippen LogP contribution in [0.5, 0.6) is 0 Å². The molecule has 0 amide bonds. The summed E-state index contributed by atoms with van der Waals surface area (Å²) < 4.78 is 42.7. The van der Waals surface area contributed by atoms with Crippen LogP contribution in [0.1, 0.15) is 30.2 Å². The van der Waals surface area contributed by atoms with E-state index in [0.717, 1.165) is 12.3 Å². The van der Waals surface area contributed by atoms with E-state index in [9.17, 15) is 18.3 Å². The van der Waals surface area contributed by atoms with Crippen LogP contribution < -0.4 is 0 Å². The highest BCUT2D eigenvalue weighted by Gasteiger charge is 2.33. The first kappa shape index (κ1) is 13.3. The van der Waals surface area contributed by atoms with Gasteiger partial charge in [0.05, 0.1) is 6.10 Å². The monoisotopic (exact) mass is 261 g/mol. The van der Waals surface area contributed by atoms with Gasteiger partial charge in [0, 0.05) is 19.4 Å². The van der Waals surface area contributed by atoms with Gasteiger partial charge in [0.2, 0.25) is 0 Å². The SMILES string of the molecule is OC(c1ccnc(C(F)(F)F)c1)C1CCOCC1. The number of alkyl halides is 3. The lowest BCUT2D eigenvalue weighted by Gasteiger charge is -2.27. The van der Waals surface area contributed by atoms with E-state index in [1.165, 1.54) is 6.07 Å². The minimum absolute atomic E-state index is 0.0535. The van der Waals surface area contributed by atoms with E-state index in [4.69, 9.17) is 4.74 Å². The number of aromatic nitrogens is 1. The highest BCUT2D eigenvalue weighted by Crippen LogP contribution is 2.33. The Morgan fingerprint density at radius 2 is 2.00 bits per heavy atom. The number of halogens is 3. The third kappa shape index (κ3) is 3.00. The van der Waals surface area contributed by atoms with Crippen molar-refractivity contribution in [2.24, 2.45) is 5.92 Å². The van der Waals surface area contributed by atoms with Gasteiger partial charge >= 0.3 is 6.18 Å². The highest BCUT2D eigenvalue weighted by molar-refractivity contribution is 5.21. The van der Waals surface area contributed by atoms with Crippen LogP contribution in [0.4, 0.5) is 13.2 Å². The molecule has 1 aliphatic rings. The smallest absolute Gasteiger partial charge is 0.388 e. The summed E-state index contributed by atoms with van der Waals surface area (Å²) in [7, 11) is 0. The maximum atomic E-state index is 12.5. The van der Waals surface area contributed by atoms with Crippen LogP contribution in [0, 0.1) is 5.92 Å². The predicted octanol–water partition coefficient (Wildman–Crippen LogP) is 2.56. The Kier molecular flexibility index (Phi) is 3.87. The van der Waals surface area contributed by atoms with Crippen molar-refractivity contribution in [3.05, 3.63) is 29.6 Å². The molecule has 0 saturated carbocycles. The Morgan fingerprint density at radius 3 is 2.61 bits per heavy atom. The maximum absolute atomic E-state index is 12.5. The van der Waals surface area contributed by atoms with Crippen molar-refractivity contribution >= 4 is 0 Å². The predicted molar refractivity (Wildman–Crippen MR) is 57.7 cm³/mol. The summed E-state index contributed by atoms with van der Waals surface area (Å²) in [6.07, 6.45) is -2.97. The van der Waals surface area contributed by atoms with Gasteiger partial charge in [0.1, 0.15) is 5.69 Å². The third-order valence-electron chi connectivity index (χ3n) is 3.13. The number of hydrogen-bond acceptors (Lipinski definition) is 3. The zero-order chi connectivity index (χ0) is 13.2. The first-order valence-electron chi connectivity index (χ1n) is 5.77. The Labute approximate surface area is 103 Å². The second-order valence-electron chi connectivity index (χ2n) is 4.37. The average molecular weight is 261 g/mol. The molecule has 0 bridgehead atoms. The molecule has 1 aromatic heterocycles. The van der Waals surface area contributed by atoms with Crippen molar-refractivity contribution in [2.45, 2.75) is 25.1 Å². The molecule has 0 aromatic carbocycles. The van der Waals surface area contributed by atoms with E-state index < -0.39 is 18.0 Å². The van der Waals surface area contributed by atoms with Crippen molar-refractivity contribution in [3.63, 3.8) is 0 Å². The van der Waals surface area contributed by atoms with E-state index in [1.807, 2.05) is 0 Å². The minimum Gasteiger partial charge on any atom is -0.388 e. The summed E-state index contributed by atoms with van der Waals surface area (Å²) in [6.45, 7) is 1.08. The number of aliphatic hydroxyl groups excluding tert-OH is 1. The van der Waals surface area contributed by atoms with Gasteiger partial charge < -0.3 is 9.84 Å². The van der Waals surface area contributed by atoms with Gasteiger partial charge in [-0.05, 0) is 36.5 Å². The number of pyridine rings is 1. The normalized spacial score (nSPS) is 19.8. The summed E-state index contributed by atoms with van der Waals surface area (Å²) >= 11 is 0. The van der Waals surface area contributed by atoms with Crippen LogP contribution in [0.15, 0.2) is 18.3 Å². The van der Waals surface area contributed by atoms with Gasteiger partial charge in [-0.3, -0.25) is 4.98 Å². The molecule has 6 heteroatoms. The molecule has 0 aliphatic carbocycles. The van der Waals surface area contributed by atoms with Crippen LogP contribution in [0.3, 0.4) is 0 Å². The molecule has 0 spiro atoms. The molecule has 2 heterocycles. The molecule has 1 aromatic rings. The Hall–Kier alpha value is -1.14. The molecule has 1 N–H and O–H groups in total. The summed E-state index contributed by atoms with van der Waals surface area (Å²) in [6, 6.07) is 2.34. The largest absolute Gasteiger partial charge is 0.433 e. The molecule has 1 aliphatic heterocycles. The van der Waals surface area contributed by atoms with Gasteiger partial charge in [-0.1, -0.05) is 0 Å². The lowest BCUT2D eigenvalue weighted by atomic mass is 9.89. The molecule has 1 unspecified atom stereocenters. The summed E-state index contributed by atoms with van der Waals surface area (Å²) in [5.74, 6) is -0.0535. The second kappa shape index (κ2) is 5.24. The van der Waals surface area contributed by atoms with Gasteiger partial charge in [-0.15, -0.1) is 0 Å². The molecule has 3 nitrogen and oxygen atoms in total. The molecule has 0 radical (unpaired) electrons. The lowest BCUT2D eigenvalue weighted by Crippen LogP contribution is -2.22. The van der Waals surface area contributed by atoms with Crippen LogP contribution in [-0.2, 0) is 10.9 Å². The number of rotatable bonds is 2. The molecule has 1 fully saturated rings. The second-order valence-corrected chi connectivity index (χ2v) is 4.37. The minimum atomic E-state index is -4.48. The van der Waals surface area contributed by atoms with Crippen molar-refractivity contribution < 1.29 is 23.0 Å². The Morgan fingerprint density at radius 1 is 1.33 bits per heavy atom. The van der Waals surface area contributed by atoms with Crippen LogP contribution in [0.25, 0.3) is 0 Å². The summed E-state index contributed by atoms with van der Waals surface area (Å²) in [4.78, 5) is 3.28. The number of ether oxygens (including phenoxy) is 1. The third-order valence-corrected chi connectivity index (χ3v) is 3.13. The Balaban J connectivity index is 2.17. The van der Waals surface area contributed by atoms with Crippen molar-refractivity contribution in [1.29, 1.82) is 0 Å². The number of aliphatic hydroxyl groups is 1. The van der Waals surface area contributed by atoms with Crippen LogP contribution >= 0.6 is 0 Å². The molecule has 1 atom stereocenters. The van der Waals surface area contributed by atoms with E-state index in [-0.39, 0.29) is 11.5 Å². The molecule has 100 valence electrons. The van der Waals surface area contributed by atoms with Crippen molar-refractivity contribution in [1.82, 2.24) is 4.98 Å². The molecular formula is C12H14F3NO2. The van der Waals surface area contributed by atoms with E-state index in [1.54, 1.807) is 0 Å². The average Bonchev–Trinajstić information content (AvgIpc) is 2.38. The first-order valence-corrected chi connectivity index (χ1v) is 5.77.